The van der Waals surface area contributed by atoms with Crippen LogP contribution in [0.4, 0.5) is 2.73 Å². The fourth-order valence-electron chi connectivity index (χ4n) is 0. The molecule has 0 rings (SSSR count). The molecule has 0 aromatic heterocycles. The van der Waals surface area contributed by atoms with Crippen molar-refractivity contribution in [2.24, 2.45) is 0 Å². The van der Waals surface area contributed by atoms with E-state index in [0.717, 1.165) is 0 Å². The second kappa shape index (κ2) is 9.20. The van der Waals surface area contributed by atoms with Crippen LogP contribution in [0.1, 0.15) is 0 Å². The Labute approximate surface area is 85.0 Å². The van der Waals surface area contributed by atoms with Crippen molar-refractivity contribution in [1.82, 2.24) is 0 Å². The van der Waals surface area contributed by atoms with Gasteiger partial charge >= 0.3 is 38.1 Å². The summed E-state index contributed by atoms with van der Waals surface area (Å²) in [4.78, 5) is 0. The summed E-state index contributed by atoms with van der Waals surface area (Å²) in [6.07, 6.45) is 0. The Morgan fingerprint density at radius 1 is 1.25 bits per heavy atom. The van der Waals surface area contributed by atoms with Crippen LogP contribution in [-0.2, 0) is 0 Å². The third-order valence-corrected chi connectivity index (χ3v) is 0. The molecule has 0 saturated carbocycles. The Bertz CT molecular complexity index is 6.00. The van der Waals surface area contributed by atoms with Gasteiger partial charge in [0.05, 0.1) is 0 Å². The van der Waals surface area contributed by atoms with E-state index in [2.05, 4.69) is 0 Å². The van der Waals surface area contributed by atoms with Crippen LogP contribution in [0.3, 0.4) is 0 Å². The molecule has 0 fully saturated rings. The molecule has 0 atom stereocenters. The first-order valence-corrected chi connectivity index (χ1v) is 2.20. The van der Waals surface area contributed by atoms with Crippen LogP contribution < -0.4 is 0 Å². The number of halogens is 2. The topological polar surface area (TPSA) is 0 Å². The van der Waals surface area contributed by atoms with Crippen molar-refractivity contribution in [2.45, 2.75) is 0 Å². The summed E-state index contributed by atoms with van der Waals surface area (Å²) < 4.78 is 19.6. The fourth-order valence-corrected chi connectivity index (χ4v) is 0. The number of rotatable bonds is 0. The first kappa shape index (κ1) is 9.86. The molecule has 0 spiro atoms. The summed E-state index contributed by atoms with van der Waals surface area (Å²) in [5.74, 6) is 0. The zero-order valence-corrected chi connectivity index (χ0v) is 6.47. The Kier molecular flexibility index (Phi) is 22.7. The first-order chi connectivity index (χ1) is 1.41. The molecule has 1 radical (unpaired) electrons. The molecule has 0 unspecified atom stereocenters. The molecular formula is CaEuF2. The summed E-state index contributed by atoms with van der Waals surface area (Å²) in [6, 6.07) is 0. The average molecular weight is 230 g/mol. The van der Waals surface area contributed by atoms with E-state index in [9.17, 15) is 2.73 Å². The molecule has 0 amide bonds. The summed E-state index contributed by atoms with van der Waals surface area (Å²) in [5.41, 5.74) is 0. The fraction of sp³-hybridized carbons (Fsp3) is 0. The standard InChI is InChI=1S/Ca.Eu.2FH/h;;2*1H/q+2;;;/p-2. The van der Waals surface area contributed by atoms with Crippen molar-refractivity contribution < 1.29 is 52.1 Å². The van der Waals surface area contributed by atoms with E-state index >= 15 is 0 Å². The van der Waals surface area contributed by atoms with Crippen LogP contribution in [0.5, 0.6) is 0 Å². The minimum atomic E-state index is -2.88. The van der Waals surface area contributed by atoms with Gasteiger partial charge < -0.3 is 0 Å². The van der Waals surface area contributed by atoms with Gasteiger partial charge in [0.1, 0.15) is 0 Å². The summed E-state index contributed by atoms with van der Waals surface area (Å²) in [5, 5.41) is 0. The van der Waals surface area contributed by atoms with E-state index in [0.29, 0.717) is 0 Å². The van der Waals surface area contributed by atoms with Crippen molar-refractivity contribution in [3.05, 3.63) is 0 Å². The second-order valence-electron chi connectivity index (χ2n) is 0.101. The van der Waals surface area contributed by atoms with Gasteiger partial charge in [-0.3, -0.25) is 0 Å². The van der Waals surface area contributed by atoms with E-state index in [1.165, 1.54) is 0 Å². The molecule has 0 heterocycles. The Morgan fingerprint density at radius 3 is 1.25 bits per heavy atom. The molecule has 4 heteroatoms. The van der Waals surface area contributed by atoms with Crippen molar-refractivity contribution >= 4 is 35.4 Å². The van der Waals surface area contributed by atoms with Crippen LogP contribution in [-0.4, -0.2) is 35.4 Å². The van der Waals surface area contributed by atoms with Gasteiger partial charge in [-0.15, -0.1) is 0 Å². The van der Waals surface area contributed by atoms with Gasteiger partial charge in [-0.2, -0.15) is 0 Å². The van der Waals surface area contributed by atoms with Gasteiger partial charge in [-0.25, -0.2) is 0 Å². The molecule has 0 aliphatic heterocycles. The van der Waals surface area contributed by atoms with Crippen LogP contribution >= 0.6 is 0 Å². The molecule has 0 bridgehead atoms. The predicted octanol–water partition coefficient (Wildman–Crippen LogP) is 0.460. The number of hydrogen-bond donors (Lipinski definition) is 0. The summed E-state index contributed by atoms with van der Waals surface area (Å²) in [7, 11) is 0. The van der Waals surface area contributed by atoms with Crippen molar-refractivity contribution in [1.29, 1.82) is 0 Å². The Balaban J connectivity index is 0. The molecule has 0 aliphatic carbocycles. The van der Waals surface area contributed by atoms with Gasteiger partial charge in [0.2, 0.25) is 0 Å². The molecule has 0 aromatic carbocycles. The van der Waals surface area contributed by atoms with Crippen LogP contribution in [0.15, 0.2) is 0 Å². The SMILES string of the molecule is [Eu].[F][Ca][F]. The molecule has 0 aromatic rings. The molecular weight excluding hydrogens is 230 g/mol. The van der Waals surface area contributed by atoms with Crippen LogP contribution in [0.25, 0.3) is 0 Å². The van der Waals surface area contributed by atoms with Crippen LogP contribution in [0.2, 0.25) is 0 Å². The average Bonchev–Trinajstić information content (AvgIpc) is 0.918. The normalized spacial score (nSPS) is 2.50. The summed E-state index contributed by atoms with van der Waals surface area (Å²) >= 11 is -2.88. The van der Waals surface area contributed by atoms with Crippen molar-refractivity contribution in [3.8, 4) is 0 Å². The second-order valence-corrected chi connectivity index (χ2v) is 0.416. The van der Waals surface area contributed by atoms with E-state index in [-0.39, 0.29) is 49.4 Å². The number of hydrogen-bond acceptors (Lipinski definition) is 0. The zero-order chi connectivity index (χ0) is 2.71. The van der Waals surface area contributed by atoms with E-state index in [1.807, 2.05) is 0 Å². The predicted molar refractivity (Wildman–Crippen MR) is 7.97 cm³/mol. The molecule has 0 saturated heterocycles. The van der Waals surface area contributed by atoms with Gasteiger partial charge in [-0.05, 0) is 0 Å². The molecule has 0 aliphatic rings. The van der Waals surface area contributed by atoms with Gasteiger partial charge in [0.25, 0.3) is 0 Å². The van der Waals surface area contributed by atoms with Crippen molar-refractivity contribution in [2.75, 3.05) is 0 Å². The zero-order valence-electron chi connectivity index (χ0n) is 1.84. The van der Waals surface area contributed by atoms with Crippen LogP contribution in [0, 0.1) is 49.4 Å². The Hall–Kier alpha value is 2.70. The molecule has 4 heavy (non-hydrogen) atoms. The van der Waals surface area contributed by atoms with Crippen molar-refractivity contribution in [3.63, 3.8) is 0 Å². The van der Waals surface area contributed by atoms with Gasteiger partial charge in [0.15, 0.2) is 0 Å². The first-order valence-electron chi connectivity index (χ1n) is 0.535. The quantitative estimate of drug-likeness (QED) is 0.530. The maximum atomic E-state index is 9.81. The van der Waals surface area contributed by atoms with Gasteiger partial charge in [0, 0.05) is 49.4 Å². The third-order valence-electron chi connectivity index (χ3n) is 0. The minimum absolute atomic E-state index is 0. The van der Waals surface area contributed by atoms with E-state index < -0.39 is 35.4 Å². The van der Waals surface area contributed by atoms with Gasteiger partial charge in [-0.1, -0.05) is 0 Å². The monoisotopic (exact) mass is 231 g/mol. The van der Waals surface area contributed by atoms with E-state index in [1.54, 1.807) is 0 Å². The molecule has 0 nitrogen and oxygen atoms in total. The van der Waals surface area contributed by atoms with E-state index in [4.69, 9.17) is 0 Å². The molecule has 0 N–H and O–H groups in total. The Morgan fingerprint density at radius 2 is 1.25 bits per heavy atom. The maximum absolute atomic E-state index is 9.81. The summed E-state index contributed by atoms with van der Waals surface area (Å²) in [6.45, 7) is 0. The third kappa shape index (κ3) is 8.83. The molecule has 23 valence electrons.